The Bertz CT molecular complexity index is 810. The maximum Gasteiger partial charge on any atom is 0.410 e. The molecule has 2 heterocycles. The maximum atomic E-state index is 12.4. The molecule has 0 bridgehead atoms. The highest BCUT2D eigenvalue weighted by Crippen LogP contribution is 2.43. The molecule has 29 heavy (non-hydrogen) atoms. The fourth-order valence-corrected chi connectivity index (χ4v) is 3.71. The van der Waals surface area contributed by atoms with Crippen LogP contribution < -0.4 is 5.32 Å². The van der Waals surface area contributed by atoms with E-state index in [2.05, 4.69) is 10.3 Å². The number of rotatable bonds is 5. The summed E-state index contributed by atoms with van der Waals surface area (Å²) in [5.74, 6) is 0. The summed E-state index contributed by atoms with van der Waals surface area (Å²) in [4.78, 5) is 30.8. The molecular weight excluding hydrogens is 366 g/mol. The van der Waals surface area contributed by atoms with E-state index in [0.29, 0.717) is 25.9 Å². The Kier molecular flexibility index (Phi) is 6.20. The predicted octanol–water partition coefficient (Wildman–Crippen LogP) is 4.45. The fourth-order valence-electron chi connectivity index (χ4n) is 3.71. The van der Waals surface area contributed by atoms with E-state index in [1.54, 1.807) is 17.3 Å². The number of anilines is 1. The molecule has 1 aromatic heterocycles. The number of aldehydes is 1. The van der Waals surface area contributed by atoms with Crippen LogP contribution in [-0.4, -0.2) is 41.0 Å². The molecule has 0 spiro atoms. The van der Waals surface area contributed by atoms with Crippen molar-refractivity contribution in [3.8, 4) is 0 Å². The zero-order chi connectivity index (χ0) is 20.9. The van der Waals surface area contributed by atoms with Crippen LogP contribution in [0.15, 0.2) is 54.9 Å². The smallest absolute Gasteiger partial charge is 0.410 e. The average Bonchev–Trinajstić information content (AvgIpc) is 2.72. The number of hydrogen-bond donors (Lipinski definition) is 1. The minimum absolute atomic E-state index is 0.239. The molecule has 1 aromatic carbocycles. The van der Waals surface area contributed by atoms with Gasteiger partial charge in [0, 0.05) is 31.2 Å². The van der Waals surface area contributed by atoms with Gasteiger partial charge in [0.15, 0.2) is 0 Å². The second-order valence-electron chi connectivity index (χ2n) is 8.55. The molecule has 0 aliphatic carbocycles. The molecule has 1 N–H and O–H groups in total. The lowest BCUT2D eigenvalue weighted by atomic mass is 9.71. The van der Waals surface area contributed by atoms with Crippen LogP contribution in [0.5, 0.6) is 0 Å². The number of pyridine rings is 1. The fraction of sp³-hybridized carbons (Fsp3) is 0.435. The predicted molar refractivity (Wildman–Crippen MR) is 113 cm³/mol. The monoisotopic (exact) mass is 395 g/mol. The second kappa shape index (κ2) is 8.64. The first kappa shape index (κ1) is 20.8. The Morgan fingerprint density at radius 1 is 1.17 bits per heavy atom. The van der Waals surface area contributed by atoms with E-state index in [4.69, 9.17) is 4.74 Å². The van der Waals surface area contributed by atoms with Crippen molar-refractivity contribution in [1.82, 2.24) is 9.88 Å². The van der Waals surface area contributed by atoms with Crippen molar-refractivity contribution in [3.05, 3.63) is 60.4 Å². The molecule has 1 aliphatic rings. The molecule has 1 saturated heterocycles. The van der Waals surface area contributed by atoms with Gasteiger partial charge in [-0.3, -0.25) is 4.98 Å². The van der Waals surface area contributed by atoms with Crippen molar-refractivity contribution >= 4 is 18.1 Å². The third-order valence-corrected chi connectivity index (χ3v) is 5.26. The van der Waals surface area contributed by atoms with E-state index in [1.807, 2.05) is 63.2 Å². The SMILES string of the molecule is CC(C)(C)OC(=O)N1CCC(C=O)(C(Nc2ccccc2)c2cccnc2)CC1. The lowest BCUT2D eigenvalue weighted by Gasteiger charge is -2.43. The molecule has 154 valence electrons. The van der Waals surface area contributed by atoms with Crippen LogP contribution in [0.25, 0.3) is 0 Å². The molecular formula is C23H29N3O3. The number of amides is 1. The Morgan fingerprint density at radius 3 is 2.41 bits per heavy atom. The standard InChI is InChI=1S/C23H29N3O3/c1-22(2,3)29-21(28)26-14-11-23(17-27,12-15-26)20(18-8-7-13-24-16-18)25-19-9-5-4-6-10-19/h4-10,13,16-17,20,25H,11-12,14-15H2,1-3H3. The summed E-state index contributed by atoms with van der Waals surface area (Å²) < 4.78 is 5.49. The summed E-state index contributed by atoms with van der Waals surface area (Å²) in [6.07, 6.45) is 5.34. The lowest BCUT2D eigenvalue weighted by molar-refractivity contribution is -0.120. The number of nitrogens with zero attached hydrogens (tertiary/aromatic N) is 2. The van der Waals surface area contributed by atoms with Crippen LogP contribution in [0.3, 0.4) is 0 Å². The van der Waals surface area contributed by atoms with Crippen LogP contribution in [0.2, 0.25) is 0 Å². The Labute approximate surface area is 172 Å². The summed E-state index contributed by atoms with van der Waals surface area (Å²) in [6.45, 7) is 6.51. The first-order chi connectivity index (χ1) is 13.8. The highest BCUT2D eigenvalue weighted by Gasteiger charge is 2.44. The quantitative estimate of drug-likeness (QED) is 0.757. The van der Waals surface area contributed by atoms with Crippen LogP contribution in [0, 0.1) is 5.41 Å². The van der Waals surface area contributed by atoms with Crippen molar-refractivity contribution in [2.45, 2.75) is 45.3 Å². The van der Waals surface area contributed by atoms with Gasteiger partial charge in [-0.15, -0.1) is 0 Å². The number of para-hydroxylation sites is 1. The Morgan fingerprint density at radius 2 is 1.86 bits per heavy atom. The number of hydrogen-bond acceptors (Lipinski definition) is 5. The van der Waals surface area contributed by atoms with E-state index in [9.17, 15) is 9.59 Å². The molecule has 0 radical (unpaired) electrons. The van der Waals surface area contributed by atoms with Gasteiger partial charge in [0.1, 0.15) is 11.9 Å². The molecule has 2 aromatic rings. The van der Waals surface area contributed by atoms with Gasteiger partial charge in [0.05, 0.1) is 11.5 Å². The molecule has 6 nitrogen and oxygen atoms in total. The number of aromatic nitrogens is 1. The average molecular weight is 396 g/mol. The highest BCUT2D eigenvalue weighted by atomic mass is 16.6. The van der Waals surface area contributed by atoms with Crippen molar-refractivity contribution in [2.75, 3.05) is 18.4 Å². The summed E-state index contributed by atoms with van der Waals surface area (Å²) >= 11 is 0. The topological polar surface area (TPSA) is 71.5 Å². The van der Waals surface area contributed by atoms with Gasteiger partial charge in [-0.1, -0.05) is 24.3 Å². The summed E-state index contributed by atoms with van der Waals surface area (Å²) in [7, 11) is 0. The molecule has 1 atom stereocenters. The number of likely N-dealkylation sites (tertiary alicyclic amines) is 1. The summed E-state index contributed by atoms with van der Waals surface area (Å²) in [5, 5.41) is 3.53. The Hall–Kier alpha value is -2.89. The zero-order valence-electron chi connectivity index (χ0n) is 17.3. The normalized spacial score (nSPS) is 17.3. The minimum atomic E-state index is -0.641. The van der Waals surface area contributed by atoms with Crippen LogP contribution in [-0.2, 0) is 9.53 Å². The third kappa shape index (κ3) is 5.13. The number of piperidine rings is 1. The van der Waals surface area contributed by atoms with E-state index < -0.39 is 11.0 Å². The van der Waals surface area contributed by atoms with Crippen LogP contribution in [0.1, 0.15) is 45.2 Å². The third-order valence-electron chi connectivity index (χ3n) is 5.26. The van der Waals surface area contributed by atoms with E-state index in [0.717, 1.165) is 17.5 Å². The maximum absolute atomic E-state index is 12.4. The molecule has 1 fully saturated rings. The lowest BCUT2D eigenvalue weighted by Crippen LogP contribution is -2.49. The minimum Gasteiger partial charge on any atom is -0.444 e. The van der Waals surface area contributed by atoms with Gasteiger partial charge in [-0.25, -0.2) is 4.79 Å². The van der Waals surface area contributed by atoms with Crippen molar-refractivity contribution in [2.24, 2.45) is 5.41 Å². The van der Waals surface area contributed by atoms with Gasteiger partial charge < -0.3 is 19.7 Å². The van der Waals surface area contributed by atoms with Crippen molar-refractivity contribution < 1.29 is 14.3 Å². The first-order valence-corrected chi connectivity index (χ1v) is 9.99. The second-order valence-corrected chi connectivity index (χ2v) is 8.55. The number of nitrogens with one attached hydrogen (secondary N) is 1. The summed E-state index contributed by atoms with van der Waals surface area (Å²) in [5.41, 5.74) is 0.715. The molecule has 1 aliphatic heterocycles. The molecule has 1 amide bonds. The van der Waals surface area contributed by atoms with Gasteiger partial charge in [0.2, 0.25) is 0 Å². The van der Waals surface area contributed by atoms with Crippen LogP contribution in [0.4, 0.5) is 10.5 Å². The number of carbonyl (C=O) groups is 2. The number of benzene rings is 1. The van der Waals surface area contributed by atoms with E-state index in [1.165, 1.54) is 0 Å². The largest absolute Gasteiger partial charge is 0.444 e. The Balaban J connectivity index is 1.82. The van der Waals surface area contributed by atoms with Gasteiger partial charge in [-0.05, 0) is 57.4 Å². The van der Waals surface area contributed by atoms with E-state index >= 15 is 0 Å². The van der Waals surface area contributed by atoms with Gasteiger partial charge >= 0.3 is 6.09 Å². The van der Waals surface area contributed by atoms with Gasteiger partial charge in [0.25, 0.3) is 0 Å². The zero-order valence-corrected chi connectivity index (χ0v) is 17.3. The molecule has 6 heteroatoms. The number of carbonyl (C=O) groups excluding carboxylic acids is 2. The summed E-state index contributed by atoms with van der Waals surface area (Å²) in [6, 6.07) is 13.5. The van der Waals surface area contributed by atoms with E-state index in [-0.39, 0.29) is 12.1 Å². The molecule has 1 unspecified atom stereocenters. The molecule has 0 saturated carbocycles. The van der Waals surface area contributed by atoms with Gasteiger partial charge in [-0.2, -0.15) is 0 Å². The number of ether oxygens (including phenoxy) is 1. The van der Waals surface area contributed by atoms with Crippen LogP contribution >= 0.6 is 0 Å². The highest BCUT2D eigenvalue weighted by molar-refractivity contribution is 5.70. The van der Waals surface area contributed by atoms with Crippen molar-refractivity contribution in [3.63, 3.8) is 0 Å². The first-order valence-electron chi connectivity index (χ1n) is 9.99. The molecule has 3 rings (SSSR count). The van der Waals surface area contributed by atoms with Crippen molar-refractivity contribution in [1.29, 1.82) is 0 Å².